The molecule has 1 aliphatic carbocycles. The number of nitrogens with zero attached hydrogens (tertiary/aromatic N) is 1. The van der Waals surface area contributed by atoms with Crippen LogP contribution in [-0.2, 0) is 10.2 Å². The second-order valence-electron chi connectivity index (χ2n) is 8.65. The highest BCUT2D eigenvalue weighted by atomic mass is 16.3. The zero-order chi connectivity index (χ0) is 20.6. The van der Waals surface area contributed by atoms with Crippen molar-refractivity contribution in [1.82, 2.24) is 5.43 Å². The van der Waals surface area contributed by atoms with E-state index in [1.807, 2.05) is 0 Å². The fourth-order valence-corrected chi connectivity index (χ4v) is 3.39. The van der Waals surface area contributed by atoms with Gasteiger partial charge < -0.3 is 10.2 Å². The largest absolute Gasteiger partial charge is 0.508 e. The van der Waals surface area contributed by atoms with Crippen LogP contribution in [0.15, 0.2) is 35.4 Å². The first kappa shape index (κ1) is 19.9. The molecule has 3 rings (SSSR count). The molecule has 0 unspecified atom stereocenters. The van der Waals surface area contributed by atoms with E-state index in [9.17, 15) is 15.0 Å². The molecule has 148 valence electrons. The van der Waals surface area contributed by atoms with Crippen molar-refractivity contribution in [3.63, 3.8) is 0 Å². The minimum atomic E-state index is -0.117. The highest BCUT2D eigenvalue weighted by molar-refractivity contribution is 5.89. The summed E-state index contributed by atoms with van der Waals surface area (Å²) < 4.78 is 0. The molecule has 0 spiro atoms. The Hall–Kier alpha value is -2.82. The summed E-state index contributed by atoms with van der Waals surface area (Å²) >= 11 is 0. The first-order valence-corrected chi connectivity index (χ1v) is 9.55. The summed E-state index contributed by atoms with van der Waals surface area (Å²) in [4.78, 5) is 12.4. The first-order chi connectivity index (χ1) is 13.1. The van der Waals surface area contributed by atoms with Crippen LogP contribution in [0.3, 0.4) is 0 Å². The lowest BCUT2D eigenvalue weighted by Gasteiger charge is -2.19. The Morgan fingerprint density at radius 2 is 1.82 bits per heavy atom. The van der Waals surface area contributed by atoms with Gasteiger partial charge in [0.15, 0.2) is 0 Å². The Balaban J connectivity index is 1.62. The molecule has 1 aliphatic rings. The normalized spacial score (nSPS) is 19.0. The summed E-state index contributed by atoms with van der Waals surface area (Å²) in [6.45, 7) is 9.94. The molecule has 0 saturated heterocycles. The number of hydrogen-bond acceptors (Lipinski definition) is 4. The molecule has 1 amide bonds. The van der Waals surface area contributed by atoms with E-state index in [1.54, 1.807) is 19.9 Å². The van der Waals surface area contributed by atoms with E-state index in [0.717, 1.165) is 6.42 Å². The minimum Gasteiger partial charge on any atom is -0.508 e. The first-order valence-electron chi connectivity index (χ1n) is 9.55. The molecule has 0 radical (unpaired) electrons. The lowest BCUT2D eigenvalue weighted by molar-refractivity contribution is -0.122. The molecule has 0 heterocycles. The van der Waals surface area contributed by atoms with Crippen molar-refractivity contribution in [2.24, 2.45) is 11.0 Å². The monoisotopic (exact) mass is 380 g/mol. The van der Waals surface area contributed by atoms with Gasteiger partial charge in [-0.15, -0.1) is 0 Å². The Morgan fingerprint density at radius 1 is 1.18 bits per heavy atom. The molecule has 28 heavy (non-hydrogen) atoms. The van der Waals surface area contributed by atoms with Crippen LogP contribution >= 0.6 is 0 Å². The molecular formula is C23H28N2O3. The average Bonchev–Trinajstić information content (AvgIpc) is 3.43. The van der Waals surface area contributed by atoms with Gasteiger partial charge in [-0.3, -0.25) is 4.79 Å². The standard InChI is InChI=1S/C23H28N2O3/c1-13-10-20(26)14(2)21(27)19(13)12-24-25-22(28)18-11-17(18)15-6-8-16(9-7-15)23(3,4)5/h6-10,12,17-18,26-27H,11H2,1-5H3,(H,25,28)/b24-12+/t17-,18-/m0/s1. The Bertz CT molecular complexity index is 924. The van der Waals surface area contributed by atoms with E-state index < -0.39 is 0 Å². The number of hydrazone groups is 1. The number of aromatic hydroxyl groups is 2. The van der Waals surface area contributed by atoms with Gasteiger partial charge in [0.05, 0.1) is 6.21 Å². The van der Waals surface area contributed by atoms with Crippen LogP contribution in [0.25, 0.3) is 0 Å². The maximum Gasteiger partial charge on any atom is 0.243 e. The molecule has 5 nitrogen and oxygen atoms in total. The van der Waals surface area contributed by atoms with Crippen molar-refractivity contribution in [2.45, 2.75) is 52.4 Å². The number of rotatable bonds is 4. The number of amides is 1. The number of aryl methyl sites for hydroxylation is 1. The van der Waals surface area contributed by atoms with Crippen LogP contribution in [0.1, 0.15) is 60.9 Å². The van der Waals surface area contributed by atoms with Gasteiger partial charge >= 0.3 is 0 Å². The molecule has 0 aliphatic heterocycles. The van der Waals surface area contributed by atoms with Crippen LogP contribution in [0, 0.1) is 19.8 Å². The summed E-state index contributed by atoms with van der Waals surface area (Å²) in [6, 6.07) is 10.1. The molecule has 0 aromatic heterocycles. The fraction of sp³-hybridized carbons (Fsp3) is 0.391. The van der Waals surface area contributed by atoms with Crippen LogP contribution in [0.2, 0.25) is 0 Å². The van der Waals surface area contributed by atoms with Gasteiger partial charge in [-0.05, 0) is 54.4 Å². The summed E-state index contributed by atoms with van der Waals surface area (Å²) in [5.74, 6) is 0.0474. The zero-order valence-electron chi connectivity index (χ0n) is 17.1. The van der Waals surface area contributed by atoms with Crippen LogP contribution in [0.5, 0.6) is 11.5 Å². The van der Waals surface area contributed by atoms with E-state index >= 15 is 0 Å². The highest BCUT2D eigenvalue weighted by Crippen LogP contribution is 2.47. The second-order valence-corrected chi connectivity index (χ2v) is 8.65. The molecule has 1 saturated carbocycles. The summed E-state index contributed by atoms with van der Waals surface area (Å²) in [5.41, 5.74) is 6.71. The minimum absolute atomic E-state index is 0.0289. The van der Waals surface area contributed by atoms with Gasteiger partial charge in [0.1, 0.15) is 11.5 Å². The quantitative estimate of drug-likeness (QED) is 0.547. The third kappa shape index (κ3) is 4.03. The molecular weight excluding hydrogens is 352 g/mol. The third-order valence-corrected chi connectivity index (χ3v) is 5.47. The van der Waals surface area contributed by atoms with E-state index in [2.05, 4.69) is 55.6 Å². The van der Waals surface area contributed by atoms with Gasteiger partial charge in [-0.25, -0.2) is 5.43 Å². The molecule has 2 aromatic carbocycles. The summed E-state index contributed by atoms with van der Waals surface area (Å²) in [5, 5.41) is 23.9. The van der Waals surface area contributed by atoms with Gasteiger partial charge in [-0.1, -0.05) is 45.0 Å². The highest BCUT2D eigenvalue weighted by Gasteiger charge is 2.44. The number of phenolic OH excluding ortho intramolecular Hbond substituents is 2. The van der Waals surface area contributed by atoms with E-state index in [4.69, 9.17) is 0 Å². The molecule has 1 fully saturated rings. The van der Waals surface area contributed by atoms with Crippen molar-refractivity contribution in [1.29, 1.82) is 0 Å². The summed E-state index contributed by atoms with van der Waals surface area (Å²) in [7, 11) is 0. The van der Waals surface area contributed by atoms with E-state index in [0.29, 0.717) is 16.7 Å². The number of phenols is 2. The fourth-order valence-electron chi connectivity index (χ4n) is 3.39. The van der Waals surface area contributed by atoms with Crippen LogP contribution in [0.4, 0.5) is 0 Å². The van der Waals surface area contributed by atoms with Gasteiger partial charge in [0.25, 0.3) is 0 Å². The average molecular weight is 380 g/mol. The lowest BCUT2D eigenvalue weighted by Crippen LogP contribution is -2.20. The van der Waals surface area contributed by atoms with Crippen LogP contribution < -0.4 is 5.43 Å². The number of carbonyl (C=O) groups excluding carboxylic acids is 1. The van der Waals surface area contributed by atoms with Gasteiger partial charge in [-0.2, -0.15) is 5.10 Å². The van der Waals surface area contributed by atoms with E-state index in [1.165, 1.54) is 17.3 Å². The maximum absolute atomic E-state index is 12.4. The maximum atomic E-state index is 12.4. The Kier molecular flexibility index (Phi) is 5.20. The number of carbonyl (C=O) groups is 1. The lowest BCUT2D eigenvalue weighted by atomic mass is 9.86. The second kappa shape index (κ2) is 7.30. The smallest absolute Gasteiger partial charge is 0.243 e. The summed E-state index contributed by atoms with van der Waals surface area (Å²) in [6.07, 6.45) is 2.24. The van der Waals surface area contributed by atoms with Gasteiger partial charge in [0.2, 0.25) is 5.91 Å². The van der Waals surface area contributed by atoms with Crippen molar-refractivity contribution in [3.8, 4) is 11.5 Å². The SMILES string of the molecule is Cc1cc(O)c(C)c(O)c1/C=N/NC(=O)[C@H]1C[C@H]1c1ccc(C(C)(C)C)cc1. The van der Waals surface area contributed by atoms with Crippen molar-refractivity contribution < 1.29 is 15.0 Å². The zero-order valence-corrected chi connectivity index (χ0v) is 17.1. The molecule has 0 bridgehead atoms. The van der Waals surface area contributed by atoms with Crippen molar-refractivity contribution >= 4 is 12.1 Å². The predicted molar refractivity (Wildman–Crippen MR) is 111 cm³/mol. The number of benzene rings is 2. The van der Waals surface area contributed by atoms with Crippen molar-refractivity contribution in [3.05, 3.63) is 58.1 Å². The number of nitrogens with one attached hydrogen (secondary N) is 1. The molecule has 5 heteroatoms. The predicted octanol–water partition coefficient (Wildman–Crippen LogP) is 4.27. The van der Waals surface area contributed by atoms with Crippen LogP contribution in [-0.4, -0.2) is 22.3 Å². The Labute approximate surface area is 166 Å². The van der Waals surface area contributed by atoms with E-state index in [-0.39, 0.29) is 34.7 Å². The Morgan fingerprint density at radius 3 is 2.43 bits per heavy atom. The van der Waals surface area contributed by atoms with Gasteiger partial charge in [0, 0.05) is 17.0 Å². The number of hydrogen-bond donors (Lipinski definition) is 3. The topological polar surface area (TPSA) is 81.9 Å². The molecule has 3 N–H and O–H groups in total. The third-order valence-electron chi connectivity index (χ3n) is 5.47. The van der Waals surface area contributed by atoms with Crippen molar-refractivity contribution in [2.75, 3.05) is 0 Å². The molecule has 2 atom stereocenters. The molecule has 2 aromatic rings.